The van der Waals surface area contributed by atoms with Crippen LogP contribution in [0, 0.1) is 17.7 Å². The van der Waals surface area contributed by atoms with Crippen LogP contribution in [0.5, 0.6) is 5.75 Å². The molecule has 190 valence electrons. The number of halogens is 5. The van der Waals surface area contributed by atoms with Crippen LogP contribution in [-0.2, 0) is 26.7 Å². The van der Waals surface area contributed by atoms with E-state index >= 15 is 0 Å². The summed E-state index contributed by atoms with van der Waals surface area (Å²) in [5.41, 5.74) is -0.868. The monoisotopic (exact) mass is 534 g/mol. The number of alkyl halides is 3. The molecule has 2 aromatic carbocycles. The van der Waals surface area contributed by atoms with Crippen molar-refractivity contribution in [3.63, 3.8) is 0 Å². The van der Waals surface area contributed by atoms with Gasteiger partial charge < -0.3 is 10.1 Å². The molecule has 2 aliphatic carbocycles. The van der Waals surface area contributed by atoms with Crippen molar-refractivity contribution < 1.29 is 35.5 Å². The number of fused-ring (bicyclic) bond motifs is 1. The van der Waals surface area contributed by atoms with Gasteiger partial charge in [-0.1, -0.05) is 29.8 Å². The molecule has 0 heterocycles. The first kappa shape index (κ1) is 25.7. The van der Waals surface area contributed by atoms with E-state index in [0.717, 1.165) is 31.0 Å². The molecule has 4 atom stereocenters. The van der Waals surface area contributed by atoms with Crippen LogP contribution in [0.15, 0.2) is 42.5 Å². The maximum Gasteiger partial charge on any atom is 0.416 e. The zero-order valence-electron chi connectivity index (χ0n) is 18.3. The summed E-state index contributed by atoms with van der Waals surface area (Å²) in [5.74, 6) is -1.40. The fourth-order valence-corrected chi connectivity index (χ4v) is 6.32. The zero-order chi connectivity index (χ0) is 25.4. The lowest BCUT2D eigenvalue weighted by molar-refractivity contribution is -0.137. The number of sulfonamides is 1. The van der Waals surface area contributed by atoms with Crippen LogP contribution < -0.4 is 14.8 Å². The Balaban J connectivity index is 1.32. The number of nitrogens with one attached hydrogen (secondary N) is 2. The van der Waals surface area contributed by atoms with Gasteiger partial charge in [0.05, 0.1) is 16.3 Å². The van der Waals surface area contributed by atoms with E-state index in [1.165, 1.54) is 24.3 Å². The Morgan fingerprint density at radius 1 is 1.09 bits per heavy atom. The molecule has 2 aliphatic rings. The van der Waals surface area contributed by atoms with E-state index in [-0.39, 0.29) is 40.8 Å². The number of carbonyl (C=O) groups is 1. The summed E-state index contributed by atoms with van der Waals surface area (Å²) in [6, 6.07) is 7.36. The Bertz CT molecular complexity index is 1210. The van der Waals surface area contributed by atoms with Gasteiger partial charge in [-0.25, -0.2) is 17.5 Å². The minimum atomic E-state index is -4.56. The summed E-state index contributed by atoms with van der Waals surface area (Å²) in [6.07, 6.45) is -2.59. The van der Waals surface area contributed by atoms with Crippen molar-refractivity contribution in [2.75, 3.05) is 6.61 Å². The van der Waals surface area contributed by atoms with Gasteiger partial charge in [0, 0.05) is 18.2 Å². The van der Waals surface area contributed by atoms with Gasteiger partial charge in [-0.05, 0) is 54.9 Å². The standard InChI is InChI=1S/C23H23ClF4N2O4S/c24-18-7-4-15(9-19(18)25)34-11-22(31)29-20-10-21(17-6-5-16(17)20)30-35(32,33)12-13-2-1-3-14(8-13)23(26,27)28/h1-4,7-9,16-17,20-21,30H,5-6,10-12H2,(H,29,31)/t16?,17?,20?,21-/m0/s1. The number of rotatable bonds is 8. The molecule has 2 fully saturated rings. The molecule has 4 rings (SSSR count). The number of amides is 1. The van der Waals surface area contributed by atoms with Gasteiger partial charge in [0.25, 0.3) is 5.91 Å². The number of carbonyl (C=O) groups excluding carboxylic acids is 1. The molecule has 3 unspecified atom stereocenters. The third-order valence-electron chi connectivity index (χ3n) is 6.47. The average Bonchev–Trinajstić information content (AvgIpc) is 2.94. The van der Waals surface area contributed by atoms with E-state index < -0.39 is 45.3 Å². The number of hydrogen-bond acceptors (Lipinski definition) is 4. The number of benzene rings is 2. The minimum Gasteiger partial charge on any atom is -0.484 e. The second kappa shape index (κ2) is 9.94. The lowest BCUT2D eigenvalue weighted by atomic mass is 9.74. The van der Waals surface area contributed by atoms with Crippen LogP contribution >= 0.6 is 11.6 Å². The van der Waals surface area contributed by atoms with E-state index in [4.69, 9.17) is 16.3 Å². The molecule has 2 aromatic rings. The predicted octanol–water partition coefficient (Wildman–Crippen LogP) is 4.28. The summed E-state index contributed by atoms with van der Waals surface area (Å²) in [5, 5.41) is 2.79. The van der Waals surface area contributed by atoms with Crippen molar-refractivity contribution in [1.82, 2.24) is 10.0 Å². The summed E-state index contributed by atoms with van der Waals surface area (Å²) < 4.78 is 85.6. The number of ether oxygens (including phenoxy) is 1. The summed E-state index contributed by atoms with van der Waals surface area (Å²) in [4.78, 5) is 12.4. The van der Waals surface area contributed by atoms with Crippen LogP contribution in [0.25, 0.3) is 0 Å². The molecule has 0 aromatic heterocycles. The Morgan fingerprint density at radius 3 is 2.46 bits per heavy atom. The van der Waals surface area contributed by atoms with E-state index in [2.05, 4.69) is 10.0 Å². The quantitative estimate of drug-likeness (QED) is 0.495. The maximum absolute atomic E-state index is 13.5. The minimum absolute atomic E-state index is 0.0304. The van der Waals surface area contributed by atoms with Crippen LogP contribution in [0.4, 0.5) is 17.6 Å². The van der Waals surface area contributed by atoms with Crippen molar-refractivity contribution in [2.24, 2.45) is 11.8 Å². The zero-order valence-corrected chi connectivity index (χ0v) is 19.9. The molecule has 1 amide bonds. The summed E-state index contributed by atoms with van der Waals surface area (Å²) in [7, 11) is -3.91. The fraction of sp³-hybridized carbons (Fsp3) is 0.435. The first-order valence-electron chi connectivity index (χ1n) is 10.9. The maximum atomic E-state index is 13.5. The van der Waals surface area contributed by atoms with Crippen molar-refractivity contribution in [1.29, 1.82) is 0 Å². The highest BCUT2D eigenvalue weighted by Gasteiger charge is 2.50. The van der Waals surface area contributed by atoms with Gasteiger partial charge >= 0.3 is 6.18 Å². The molecule has 0 saturated heterocycles. The Labute approximate surface area is 205 Å². The van der Waals surface area contributed by atoms with Gasteiger partial charge in [0.15, 0.2) is 6.61 Å². The van der Waals surface area contributed by atoms with E-state index in [9.17, 15) is 30.8 Å². The molecular formula is C23H23ClF4N2O4S. The fourth-order valence-electron chi connectivity index (χ4n) is 4.77. The molecular weight excluding hydrogens is 512 g/mol. The molecule has 12 heteroatoms. The number of hydrogen-bond donors (Lipinski definition) is 2. The van der Waals surface area contributed by atoms with Gasteiger partial charge in [-0.2, -0.15) is 13.2 Å². The predicted molar refractivity (Wildman–Crippen MR) is 121 cm³/mol. The SMILES string of the molecule is O=C(COc1ccc(Cl)c(F)c1)NC1C[C@H](NS(=O)(=O)Cc2cccc(C(F)(F)F)c2)C2CCC12. The molecule has 6 nitrogen and oxygen atoms in total. The highest BCUT2D eigenvalue weighted by atomic mass is 35.5. The molecule has 2 saturated carbocycles. The molecule has 0 radical (unpaired) electrons. The summed E-state index contributed by atoms with van der Waals surface area (Å²) in [6.45, 7) is -0.346. The Hall–Kier alpha value is -2.37. The second-order valence-corrected chi connectivity index (χ2v) is 11.0. The van der Waals surface area contributed by atoms with E-state index in [1.54, 1.807) is 0 Å². The van der Waals surface area contributed by atoms with Crippen LogP contribution in [0.1, 0.15) is 30.4 Å². The van der Waals surface area contributed by atoms with Gasteiger partial charge in [0.1, 0.15) is 11.6 Å². The van der Waals surface area contributed by atoms with Crippen molar-refractivity contribution in [2.45, 2.75) is 43.3 Å². The molecule has 35 heavy (non-hydrogen) atoms. The van der Waals surface area contributed by atoms with Crippen LogP contribution in [0.3, 0.4) is 0 Å². The molecule has 2 N–H and O–H groups in total. The van der Waals surface area contributed by atoms with Crippen molar-refractivity contribution in [3.8, 4) is 5.75 Å². The Morgan fingerprint density at radius 2 is 1.80 bits per heavy atom. The summed E-state index contributed by atoms with van der Waals surface area (Å²) >= 11 is 5.62. The van der Waals surface area contributed by atoms with Crippen LogP contribution in [-0.4, -0.2) is 33.0 Å². The highest BCUT2D eigenvalue weighted by Crippen LogP contribution is 2.47. The Kier molecular flexibility index (Phi) is 7.31. The lowest BCUT2D eigenvalue weighted by Crippen LogP contribution is -2.44. The third-order valence-corrected chi connectivity index (χ3v) is 8.16. The molecule has 0 aliphatic heterocycles. The normalized spacial score (nSPS) is 23.9. The van der Waals surface area contributed by atoms with Gasteiger partial charge in [-0.15, -0.1) is 0 Å². The van der Waals surface area contributed by atoms with Crippen molar-refractivity contribution in [3.05, 3.63) is 64.4 Å². The second-order valence-electron chi connectivity index (χ2n) is 8.86. The van der Waals surface area contributed by atoms with Crippen molar-refractivity contribution >= 4 is 27.5 Å². The molecule has 0 bridgehead atoms. The highest BCUT2D eigenvalue weighted by molar-refractivity contribution is 7.88. The van der Waals surface area contributed by atoms with Crippen LogP contribution in [0.2, 0.25) is 5.02 Å². The average molecular weight is 535 g/mol. The first-order chi connectivity index (χ1) is 16.4. The third kappa shape index (κ3) is 6.25. The van der Waals surface area contributed by atoms with E-state index in [0.29, 0.717) is 6.42 Å². The smallest absolute Gasteiger partial charge is 0.416 e. The van der Waals surface area contributed by atoms with Gasteiger partial charge in [-0.3, -0.25) is 4.79 Å². The topological polar surface area (TPSA) is 84.5 Å². The largest absolute Gasteiger partial charge is 0.484 e. The molecule has 0 spiro atoms. The van der Waals surface area contributed by atoms with Gasteiger partial charge in [0.2, 0.25) is 10.0 Å². The lowest BCUT2D eigenvalue weighted by Gasteiger charge is -2.36. The first-order valence-corrected chi connectivity index (χ1v) is 13.0. The van der Waals surface area contributed by atoms with E-state index in [1.807, 2.05) is 0 Å².